The van der Waals surface area contributed by atoms with Crippen LogP contribution in [0.2, 0.25) is 0 Å². The number of benzene rings is 1. The molecule has 1 aromatic heterocycles. The Balaban J connectivity index is 1.91. The van der Waals surface area contributed by atoms with Crippen LogP contribution >= 0.6 is 11.8 Å². The largest absolute Gasteiger partial charge is 0.461 e. The minimum absolute atomic E-state index is 0.00217. The van der Waals surface area contributed by atoms with Crippen LogP contribution in [0.4, 0.5) is 14.5 Å². The summed E-state index contributed by atoms with van der Waals surface area (Å²) < 4.78 is 30.5. The van der Waals surface area contributed by atoms with E-state index >= 15 is 0 Å². The van der Waals surface area contributed by atoms with Crippen molar-refractivity contribution in [1.29, 1.82) is 0 Å². The first-order valence-electron chi connectivity index (χ1n) is 8.17. The van der Waals surface area contributed by atoms with Crippen molar-refractivity contribution in [2.75, 3.05) is 5.32 Å². The lowest BCUT2D eigenvalue weighted by Gasteiger charge is -2.40. The first-order chi connectivity index (χ1) is 12.0. The summed E-state index contributed by atoms with van der Waals surface area (Å²) in [7, 11) is 0. The summed E-state index contributed by atoms with van der Waals surface area (Å²) >= 11 is 0.517. The van der Waals surface area contributed by atoms with Gasteiger partial charge in [0.25, 0.3) is 11.7 Å². The summed E-state index contributed by atoms with van der Waals surface area (Å²) in [6, 6.07) is 10.8. The molecule has 3 rings (SSSR count). The summed E-state index contributed by atoms with van der Waals surface area (Å²) in [5.41, 5.74) is 1.37. The Morgan fingerprint density at radius 1 is 1.28 bits per heavy atom. The van der Waals surface area contributed by atoms with Gasteiger partial charge in [-0.25, -0.2) is 0 Å². The lowest BCUT2D eigenvalue weighted by Crippen LogP contribution is -2.47. The third-order valence-electron chi connectivity index (χ3n) is 4.33. The smallest absolute Gasteiger partial charge is 0.284 e. The molecule has 1 aromatic carbocycles. The van der Waals surface area contributed by atoms with Crippen molar-refractivity contribution < 1.29 is 18.0 Å². The molecule has 0 radical (unpaired) electrons. The first-order valence-corrected chi connectivity index (χ1v) is 9.22. The highest BCUT2D eigenvalue weighted by molar-refractivity contribution is 7.98. The lowest BCUT2D eigenvalue weighted by atomic mass is 10.0. The van der Waals surface area contributed by atoms with E-state index in [9.17, 15) is 13.6 Å². The molecule has 0 bridgehead atoms. The summed E-state index contributed by atoms with van der Waals surface area (Å²) in [6.45, 7) is 4.00. The molecule has 134 valence electrons. The molecule has 0 saturated carbocycles. The number of halogens is 2. The molecule has 0 spiro atoms. The Morgan fingerprint density at radius 3 is 2.76 bits per heavy atom. The van der Waals surface area contributed by atoms with Gasteiger partial charge in [-0.15, -0.1) is 0 Å². The zero-order valence-electron chi connectivity index (χ0n) is 14.0. The zero-order chi connectivity index (χ0) is 18.0. The van der Waals surface area contributed by atoms with Gasteiger partial charge in [-0.05, 0) is 37.6 Å². The number of fused-ring (bicyclic) bond motifs is 1. The fourth-order valence-electron chi connectivity index (χ4n) is 2.89. The van der Waals surface area contributed by atoms with Crippen LogP contribution in [0, 0.1) is 0 Å². The number of thioether (sulfide) groups is 1. The molecular weight excluding hydrogens is 346 g/mol. The SMILES string of the molecule is CC[C@@H](C)N1C(=O)c2ccccc2N[C@@H]1c1ccc(CSC(F)F)o1. The van der Waals surface area contributed by atoms with Crippen molar-refractivity contribution in [3.63, 3.8) is 0 Å². The molecule has 25 heavy (non-hydrogen) atoms. The molecule has 1 amide bonds. The summed E-state index contributed by atoms with van der Waals surface area (Å²) in [5.74, 6) is -1.39. The van der Waals surface area contributed by atoms with Crippen molar-refractivity contribution in [3.05, 3.63) is 53.5 Å². The molecule has 0 aliphatic carbocycles. The quantitative estimate of drug-likeness (QED) is 0.772. The van der Waals surface area contributed by atoms with Gasteiger partial charge in [-0.2, -0.15) is 8.78 Å². The third-order valence-corrected chi connectivity index (χ3v) is 5.03. The van der Waals surface area contributed by atoms with Gasteiger partial charge in [0.15, 0.2) is 6.17 Å². The van der Waals surface area contributed by atoms with Crippen molar-refractivity contribution in [3.8, 4) is 0 Å². The first kappa shape index (κ1) is 17.8. The molecule has 7 heteroatoms. The van der Waals surface area contributed by atoms with Gasteiger partial charge in [0, 0.05) is 11.7 Å². The Morgan fingerprint density at radius 2 is 2.04 bits per heavy atom. The number of amides is 1. The van der Waals surface area contributed by atoms with Crippen LogP contribution in [0.25, 0.3) is 0 Å². The average molecular weight is 366 g/mol. The molecule has 0 unspecified atom stereocenters. The van der Waals surface area contributed by atoms with E-state index in [1.54, 1.807) is 23.1 Å². The van der Waals surface area contributed by atoms with Gasteiger partial charge in [0.1, 0.15) is 11.5 Å². The molecule has 0 saturated heterocycles. The molecule has 2 aromatic rings. The molecule has 2 atom stereocenters. The Kier molecular flexibility index (Phi) is 5.32. The highest BCUT2D eigenvalue weighted by Gasteiger charge is 2.36. The monoisotopic (exact) mass is 366 g/mol. The van der Waals surface area contributed by atoms with Gasteiger partial charge in [0.2, 0.25) is 0 Å². The lowest BCUT2D eigenvalue weighted by molar-refractivity contribution is 0.0566. The van der Waals surface area contributed by atoms with Gasteiger partial charge >= 0.3 is 0 Å². The number of rotatable bonds is 6. The number of furan rings is 1. The Hall–Kier alpha value is -2.02. The zero-order valence-corrected chi connectivity index (χ0v) is 14.9. The topological polar surface area (TPSA) is 45.5 Å². The molecule has 4 nitrogen and oxygen atoms in total. The number of anilines is 1. The van der Waals surface area contributed by atoms with E-state index in [0.717, 1.165) is 12.1 Å². The standard InChI is InChI=1S/C18H20F2N2O2S/c1-3-11(2)22-16(15-9-8-12(24-15)10-25-18(19)20)21-14-7-5-4-6-13(14)17(22)23/h4-9,11,16,18,21H,3,10H2,1-2H3/t11-,16+/m1/s1. The van der Waals surface area contributed by atoms with Crippen molar-refractivity contribution in [2.24, 2.45) is 0 Å². The highest BCUT2D eigenvalue weighted by atomic mass is 32.2. The van der Waals surface area contributed by atoms with E-state index in [1.165, 1.54) is 0 Å². The van der Waals surface area contributed by atoms with Gasteiger partial charge < -0.3 is 14.6 Å². The molecule has 1 N–H and O–H groups in total. The number of para-hydroxylation sites is 1. The summed E-state index contributed by atoms with van der Waals surface area (Å²) in [6.07, 6.45) is 0.337. The van der Waals surface area contributed by atoms with Gasteiger partial charge in [-0.1, -0.05) is 30.8 Å². The van der Waals surface area contributed by atoms with Crippen LogP contribution < -0.4 is 5.32 Å². The molecule has 1 aliphatic heterocycles. The van der Waals surface area contributed by atoms with Gasteiger partial charge in [-0.3, -0.25) is 4.79 Å². The second kappa shape index (κ2) is 7.47. The highest BCUT2D eigenvalue weighted by Crippen LogP contribution is 2.36. The van der Waals surface area contributed by atoms with E-state index in [0.29, 0.717) is 28.8 Å². The maximum absolute atomic E-state index is 13.0. The molecule has 1 aliphatic rings. The summed E-state index contributed by atoms with van der Waals surface area (Å²) in [5, 5.41) is 3.34. The normalized spacial score (nSPS) is 18.2. The number of nitrogens with zero attached hydrogens (tertiary/aromatic N) is 1. The van der Waals surface area contributed by atoms with Crippen LogP contribution in [-0.2, 0) is 5.75 Å². The fourth-order valence-corrected chi connectivity index (χ4v) is 3.34. The summed E-state index contributed by atoms with van der Waals surface area (Å²) in [4.78, 5) is 14.7. The molecule has 0 fully saturated rings. The van der Waals surface area contributed by atoms with Crippen LogP contribution in [-0.4, -0.2) is 22.6 Å². The van der Waals surface area contributed by atoms with Crippen molar-refractivity contribution in [1.82, 2.24) is 4.90 Å². The number of alkyl halides is 2. The number of carbonyl (C=O) groups excluding carboxylic acids is 1. The third kappa shape index (κ3) is 3.66. The van der Waals surface area contributed by atoms with E-state index in [2.05, 4.69) is 5.32 Å². The predicted molar refractivity (Wildman–Crippen MR) is 94.7 cm³/mol. The number of hydrogen-bond acceptors (Lipinski definition) is 4. The second-order valence-electron chi connectivity index (χ2n) is 5.94. The Bertz CT molecular complexity index is 750. The predicted octanol–water partition coefficient (Wildman–Crippen LogP) is 5.10. The van der Waals surface area contributed by atoms with Crippen molar-refractivity contribution in [2.45, 2.75) is 44.0 Å². The molecule has 2 heterocycles. The van der Waals surface area contributed by atoms with E-state index in [1.807, 2.05) is 32.0 Å². The Labute approximate surface area is 149 Å². The number of hydrogen-bond donors (Lipinski definition) is 1. The number of nitrogens with one attached hydrogen (secondary N) is 1. The minimum atomic E-state index is -2.44. The van der Waals surface area contributed by atoms with Crippen molar-refractivity contribution >= 4 is 23.4 Å². The van der Waals surface area contributed by atoms with E-state index in [-0.39, 0.29) is 17.7 Å². The van der Waals surface area contributed by atoms with Crippen LogP contribution in [0.1, 0.15) is 48.3 Å². The number of carbonyl (C=O) groups is 1. The maximum atomic E-state index is 13.0. The van der Waals surface area contributed by atoms with Crippen LogP contribution in [0.5, 0.6) is 0 Å². The van der Waals surface area contributed by atoms with E-state index in [4.69, 9.17) is 4.42 Å². The van der Waals surface area contributed by atoms with Gasteiger partial charge in [0.05, 0.1) is 11.3 Å². The molecular formula is C18H20F2N2O2S. The van der Waals surface area contributed by atoms with Crippen LogP contribution in [0.15, 0.2) is 40.8 Å². The van der Waals surface area contributed by atoms with Crippen LogP contribution in [0.3, 0.4) is 0 Å². The van der Waals surface area contributed by atoms with E-state index < -0.39 is 11.9 Å². The maximum Gasteiger partial charge on any atom is 0.284 e. The average Bonchev–Trinajstić information content (AvgIpc) is 3.08. The minimum Gasteiger partial charge on any atom is -0.461 e. The second-order valence-corrected chi connectivity index (χ2v) is 6.92. The fraction of sp³-hybridized carbons (Fsp3) is 0.389.